The zero-order valence-electron chi connectivity index (χ0n) is 15.4. The molecular weight excluding hydrogens is 374 g/mol. The Bertz CT molecular complexity index is 667. The first-order valence-electron chi connectivity index (χ1n) is 8.51. The molecule has 0 saturated heterocycles. The average Bonchev–Trinajstić information content (AvgIpc) is 3.04. The molecule has 1 heterocycles. The summed E-state index contributed by atoms with van der Waals surface area (Å²) in [6, 6.07) is 4.82. The van der Waals surface area contributed by atoms with Crippen molar-refractivity contribution in [2.45, 2.75) is 12.5 Å². The minimum Gasteiger partial charge on any atom is -0.547 e. The molecule has 0 aromatic heterocycles. The predicted molar refractivity (Wildman–Crippen MR) is 99.5 cm³/mol. The average molecular weight is 398 g/mol. The summed E-state index contributed by atoms with van der Waals surface area (Å²) in [6.45, 7) is 4.26. The molecule has 9 heteroatoms. The molecule has 1 aromatic carbocycles. The predicted octanol–water partition coefficient (Wildman–Crippen LogP) is 0.453. The fourth-order valence-corrected chi connectivity index (χ4v) is 3.40. The largest absolute Gasteiger partial charge is 0.547 e. The number of benzene rings is 1. The number of methoxy groups -OCH3 is 1. The molecule has 0 spiro atoms. The molecule has 150 valence electrons. The number of carbonyl (C=O) groups excluding carboxylic acids is 1. The molecule has 1 aliphatic rings. The van der Waals surface area contributed by atoms with Crippen LogP contribution in [0.3, 0.4) is 0 Å². The molecule has 0 bridgehead atoms. The Hall–Kier alpha value is -1.81. The van der Waals surface area contributed by atoms with Gasteiger partial charge in [-0.1, -0.05) is 0 Å². The van der Waals surface area contributed by atoms with Crippen molar-refractivity contribution in [2.24, 2.45) is 4.99 Å². The van der Waals surface area contributed by atoms with E-state index in [0.717, 1.165) is 0 Å². The van der Waals surface area contributed by atoms with Crippen molar-refractivity contribution in [3.05, 3.63) is 23.8 Å². The van der Waals surface area contributed by atoms with Gasteiger partial charge in [0.25, 0.3) is 0 Å². The number of hydrogen-bond donors (Lipinski definition) is 1. The van der Waals surface area contributed by atoms with Gasteiger partial charge in [-0.3, -0.25) is 4.99 Å². The van der Waals surface area contributed by atoms with Crippen molar-refractivity contribution in [3.63, 3.8) is 0 Å². The van der Waals surface area contributed by atoms with Crippen molar-refractivity contribution in [2.75, 3.05) is 52.5 Å². The minimum atomic E-state index is -1.27. The molecule has 1 atom stereocenters. The summed E-state index contributed by atoms with van der Waals surface area (Å²) in [5.74, 6) is -0.487. The van der Waals surface area contributed by atoms with Crippen LogP contribution in [0.1, 0.15) is 12.5 Å². The first-order chi connectivity index (χ1) is 13.0. The van der Waals surface area contributed by atoms with Crippen LogP contribution in [-0.2, 0) is 19.0 Å². The van der Waals surface area contributed by atoms with Crippen molar-refractivity contribution < 1.29 is 34.0 Å². The van der Waals surface area contributed by atoms with E-state index >= 15 is 0 Å². The topological polar surface area (TPSA) is 110 Å². The molecule has 1 aromatic rings. The number of aliphatic imine (C=N–C) groups is 1. The number of carboxylic acid groups (broad SMARTS) is 1. The lowest BCUT2D eigenvalue weighted by molar-refractivity contribution is -0.311. The standard InChI is InChI=1S/C18H25NO7S/c1-18(17(21)22)12-27-16(19-18)14-4-3-13(11-15(14)20)26-10-9-25-8-7-24-6-5-23-2/h3-4,11,20H,5-10,12H2,1-2H3,(H,21,22)/p-1/t18-/m1/s1. The third kappa shape index (κ3) is 6.39. The van der Waals surface area contributed by atoms with E-state index < -0.39 is 11.5 Å². The van der Waals surface area contributed by atoms with Crippen LogP contribution in [-0.4, -0.2) is 74.2 Å². The fourth-order valence-electron chi connectivity index (χ4n) is 2.20. The number of carbonyl (C=O) groups is 1. The Morgan fingerprint density at radius 3 is 2.48 bits per heavy atom. The molecule has 27 heavy (non-hydrogen) atoms. The van der Waals surface area contributed by atoms with Crippen LogP contribution >= 0.6 is 11.8 Å². The van der Waals surface area contributed by atoms with Gasteiger partial charge < -0.3 is 34.0 Å². The first kappa shape index (κ1) is 21.5. The minimum absolute atomic E-state index is 0.0196. The Morgan fingerprint density at radius 2 is 1.89 bits per heavy atom. The van der Waals surface area contributed by atoms with E-state index in [-0.39, 0.29) is 11.5 Å². The van der Waals surface area contributed by atoms with Gasteiger partial charge in [-0.25, -0.2) is 0 Å². The Morgan fingerprint density at radius 1 is 1.22 bits per heavy atom. The van der Waals surface area contributed by atoms with Gasteiger partial charge in [0.05, 0.1) is 39.0 Å². The number of phenolic OH excluding ortho intramolecular Hbond substituents is 1. The normalized spacial score (nSPS) is 19.1. The van der Waals surface area contributed by atoms with E-state index in [4.69, 9.17) is 18.9 Å². The van der Waals surface area contributed by atoms with Crippen LogP contribution in [0.25, 0.3) is 0 Å². The molecule has 8 nitrogen and oxygen atoms in total. The van der Waals surface area contributed by atoms with Gasteiger partial charge in [0, 0.05) is 24.5 Å². The van der Waals surface area contributed by atoms with E-state index in [0.29, 0.717) is 56.0 Å². The lowest BCUT2D eigenvalue weighted by Gasteiger charge is -2.19. The maximum atomic E-state index is 11.2. The number of carboxylic acids is 1. The zero-order chi connectivity index (χ0) is 19.7. The van der Waals surface area contributed by atoms with Crippen molar-refractivity contribution in [1.29, 1.82) is 0 Å². The summed E-state index contributed by atoms with van der Waals surface area (Å²) in [5, 5.41) is 21.8. The van der Waals surface area contributed by atoms with E-state index in [1.165, 1.54) is 24.8 Å². The second-order valence-electron chi connectivity index (χ2n) is 6.01. The molecule has 0 fully saturated rings. The molecule has 0 saturated carbocycles. The van der Waals surface area contributed by atoms with Crippen molar-refractivity contribution in [3.8, 4) is 11.5 Å². The summed E-state index contributed by atoms with van der Waals surface area (Å²) in [6.07, 6.45) is 0. The highest BCUT2D eigenvalue weighted by molar-refractivity contribution is 8.14. The van der Waals surface area contributed by atoms with Gasteiger partial charge in [-0.15, -0.1) is 11.8 Å². The van der Waals surface area contributed by atoms with Crippen LogP contribution in [0.5, 0.6) is 11.5 Å². The highest BCUT2D eigenvalue weighted by Crippen LogP contribution is 2.35. The molecular formula is C18H24NO7S-. The first-order valence-corrected chi connectivity index (χ1v) is 9.49. The van der Waals surface area contributed by atoms with E-state index in [2.05, 4.69) is 4.99 Å². The highest BCUT2D eigenvalue weighted by atomic mass is 32.2. The van der Waals surface area contributed by atoms with Crippen molar-refractivity contribution >= 4 is 22.8 Å². The van der Waals surface area contributed by atoms with Gasteiger partial charge >= 0.3 is 0 Å². The van der Waals surface area contributed by atoms with Crippen LogP contribution in [0, 0.1) is 0 Å². The third-order valence-corrected chi connectivity index (χ3v) is 5.07. The lowest BCUT2D eigenvalue weighted by atomic mass is 10.1. The fraction of sp³-hybridized carbons (Fsp3) is 0.556. The molecule has 0 unspecified atom stereocenters. The third-order valence-electron chi connectivity index (χ3n) is 3.78. The molecule has 1 N–H and O–H groups in total. The number of nitrogens with zero attached hydrogens (tertiary/aromatic N) is 1. The Balaban J connectivity index is 1.76. The molecule has 0 amide bonds. The summed E-state index contributed by atoms with van der Waals surface area (Å²) in [7, 11) is 1.62. The van der Waals surface area contributed by atoms with E-state index in [1.807, 2.05) is 0 Å². The van der Waals surface area contributed by atoms with Gasteiger partial charge in [-0.05, 0) is 19.1 Å². The monoisotopic (exact) mass is 398 g/mol. The second kappa shape index (κ2) is 10.5. The van der Waals surface area contributed by atoms with Crippen LogP contribution in [0.2, 0.25) is 0 Å². The molecule has 1 aliphatic heterocycles. The quantitative estimate of drug-likeness (QED) is 0.506. The second-order valence-corrected chi connectivity index (χ2v) is 6.98. The van der Waals surface area contributed by atoms with Gasteiger partial charge in [0.2, 0.25) is 0 Å². The summed E-state index contributed by atoms with van der Waals surface area (Å²) in [5.41, 5.74) is -0.798. The number of hydrogen-bond acceptors (Lipinski definition) is 9. The van der Waals surface area contributed by atoms with Gasteiger partial charge in [0.1, 0.15) is 28.7 Å². The zero-order valence-corrected chi connectivity index (χ0v) is 16.3. The Kier molecular flexibility index (Phi) is 8.36. The highest BCUT2D eigenvalue weighted by Gasteiger charge is 2.33. The number of rotatable bonds is 12. The number of aromatic hydroxyl groups is 1. The summed E-state index contributed by atoms with van der Waals surface area (Å²) < 4.78 is 21.0. The summed E-state index contributed by atoms with van der Waals surface area (Å²) in [4.78, 5) is 15.3. The van der Waals surface area contributed by atoms with E-state index in [1.54, 1.807) is 19.2 Å². The molecule has 0 aliphatic carbocycles. The molecule has 2 rings (SSSR count). The number of thioether (sulfide) groups is 1. The number of phenols is 1. The van der Waals surface area contributed by atoms with E-state index in [9.17, 15) is 15.0 Å². The van der Waals surface area contributed by atoms with Crippen molar-refractivity contribution in [1.82, 2.24) is 0 Å². The maximum absolute atomic E-state index is 11.2. The SMILES string of the molecule is COCCOCCOCCOc1ccc(C2=N[C@@](C)(C(=O)[O-])CS2)c(O)c1. The lowest BCUT2D eigenvalue weighted by Crippen LogP contribution is -2.45. The smallest absolute Gasteiger partial charge is 0.129 e. The number of aliphatic carboxylic acids is 1. The Labute approximate surface area is 162 Å². The summed E-state index contributed by atoms with van der Waals surface area (Å²) >= 11 is 1.27. The maximum Gasteiger partial charge on any atom is 0.129 e. The molecule has 0 radical (unpaired) electrons. The van der Waals surface area contributed by atoms with Crippen LogP contribution < -0.4 is 9.84 Å². The number of ether oxygens (including phenoxy) is 4. The van der Waals surface area contributed by atoms with Gasteiger partial charge in [0.15, 0.2) is 0 Å². The van der Waals surface area contributed by atoms with Crippen LogP contribution in [0.15, 0.2) is 23.2 Å². The van der Waals surface area contributed by atoms with Crippen LogP contribution in [0.4, 0.5) is 0 Å². The van der Waals surface area contributed by atoms with Gasteiger partial charge in [-0.2, -0.15) is 0 Å².